The van der Waals surface area contributed by atoms with E-state index in [9.17, 15) is 15.0 Å². The molecule has 4 nitrogen and oxygen atoms in total. The summed E-state index contributed by atoms with van der Waals surface area (Å²) in [6.07, 6.45) is 0. The number of amides is 1. The molecule has 2 rings (SSSR count). The minimum Gasteiger partial charge on any atom is -0.504 e. The molecule has 4 heteroatoms. The Bertz CT molecular complexity index is 388. The fourth-order valence-electron chi connectivity index (χ4n) is 1.50. The summed E-state index contributed by atoms with van der Waals surface area (Å²) in [6.45, 7) is 4.36. The molecule has 0 bridgehead atoms. The second-order valence-corrected chi connectivity index (χ2v) is 3.12. The first-order valence-electron chi connectivity index (χ1n) is 4.90. The van der Waals surface area contributed by atoms with Crippen molar-refractivity contribution in [3.8, 4) is 11.5 Å². The third-order valence-corrected chi connectivity index (χ3v) is 2.23. The molecule has 1 aliphatic rings. The van der Waals surface area contributed by atoms with Gasteiger partial charge < -0.3 is 15.1 Å². The molecular formula is C11H15NO3. The van der Waals surface area contributed by atoms with Crippen molar-refractivity contribution in [2.45, 2.75) is 20.4 Å². The molecule has 2 N–H and O–H groups in total. The Morgan fingerprint density at radius 2 is 1.87 bits per heavy atom. The van der Waals surface area contributed by atoms with Crippen LogP contribution in [0.4, 0.5) is 0 Å². The normalized spacial score (nSPS) is 13.3. The SMILES string of the molecule is CC.CN1Cc2c(ccc(O)c2O)C1=O. The molecule has 0 atom stereocenters. The van der Waals surface area contributed by atoms with Crippen molar-refractivity contribution in [1.29, 1.82) is 0 Å². The minimum atomic E-state index is -0.185. The lowest BCUT2D eigenvalue weighted by Gasteiger charge is -2.04. The fraction of sp³-hybridized carbons (Fsp3) is 0.364. The van der Waals surface area contributed by atoms with E-state index in [2.05, 4.69) is 0 Å². The van der Waals surface area contributed by atoms with Crippen LogP contribution in [0.2, 0.25) is 0 Å². The zero-order valence-electron chi connectivity index (χ0n) is 9.11. The van der Waals surface area contributed by atoms with E-state index in [4.69, 9.17) is 0 Å². The predicted octanol–water partition coefficient (Wildman–Crippen LogP) is 1.71. The summed E-state index contributed by atoms with van der Waals surface area (Å²) in [5.74, 6) is -0.484. The first-order chi connectivity index (χ1) is 7.11. The van der Waals surface area contributed by atoms with Crippen LogP contribution in [0.1, 0.15) is 29.8 Å². The van der Waals surface area contributed by atoms with Crippen LogP contribution in [-0.4, -0.2) is 28.1 Å². The van der Waals surface area contributed by atoms with Gasteiger partial charge in [0.2, 0.25) is 0 Å². The van der Waals surface area contributed by atoms with Crippen LogP contribution in [0, 0.1) is 0 Å². The number of carbonyl (C=O) groups is 1. The van der Waals surface area contributed by atoms with Gasteiger partial charge in [0.25, 0.3) is 5.91 Å². The molecule has 0 radical (unpaired) electrons. The third kappa shape index (κ3) is 1.75. The number of nitrogens with zero attached hydrogens (tertiary/aromatic N) is 1. The third-order valence-electron chi connectivity index (χ3n) is 2.23. The van der Waals surface area contributed by atoms with E-state index in [0.29, 0.717) is 17.7 Å². The van der Waals surface area contributed by atoms with Crippen molar-refractivity contribution >= 4 is 5.91 Å². The second kappa shape index (κ2) is 4.21. The molecule has 0 aliphatic carbocycles. The number of aromatic hydroxyl groups is 2. The molecule has 1 aliphatic heterocycles. The van der Waals surface area contributed by atoms with E-state index in [1.165, 1.54) is 17.0 Å². The van der Waals surface area contributed by atoms with Gasteiger partial charge in [-0.2, -0.15) is 0 Å². The highest BCUT2D eigenvalue weighted by atomic mass is 16.3. The number of rotatable bonds is 0. The molecule has 1 aromatic rings. The molecule has 1 aromatic carbocycles. The van der Waals surface area contributed by atoms with Crippen molar-refractivity contribution in [1.82, 2.24) is 4.90 Å². The maximum absolute atomic E-state index is 11.4. The van der Waals surface area contributed by atoms with Gasteiger partial charge in [0.05, 0.1) is 6.54 Å². The van der Waals surface area contributed by atoms with Gasteiger partial charge in [0.1, 0.15) is 0 Å². The molecule has 15 heavy (non-hydrogen) atoms. The van der Waals surface area contributed by atoms with Crippen LogP contribution in [-0.2, 0) is 6.54 Å². The molecular weight excluding hydrogens is 194 g/mol. The van der Waals surface area contributed by atoms with Gasteiger partial charge >= 0.3 is 0 Å². The molecule has 0 unspecified atom stereocenters. The standard InChI is InChI=1S/C9H9NO3.C2H6/c1-10-4-6-5(9(10)13)2-3-7(11)8(6)12;1-2/h2-3,11-12H,4H2,1H3;1-2H3. The van der Waals surface area contributed by atoms with Crippen molar-refractivity contribution < 1.29 is 15.0 Å². The summed E-state index contributed by atoms with van der Waals surface area (Å²) in [4.78, 5) is 12.9. The lowest BCUT2D eigenvalue weighted by molar-refractivity contribution is 0.0816. The summed E-state index contributed by atoms with van der Waals surface area (Å²) < 4.78 is 0. The molecule has 0 spiro atoms. The van der Waals surface area contributed by atoms with E-state index >= 15 is 0 Å². The number of hydrogen-bond acceptors (Lipinski definition) is 3. The zero-order valence-corrected chi connectivity index (χ0v) is 9.11. The molecule has 1 amide bonds. The Morgan fingerprint density at radius 1 is 1.27 bits per heavy atom. The lowest BCUT2D eigenvalue weighted by atomic mass is 10.1. The maximum atomic E-state index is 11.4. The Balaban J connectivity index is 0.000000531. The fourth-order valence-corrected chi connectivity index (χ4v) is 1.50. The second-order valence-electron chi connectivity index (χ2n) is 3.12. The molecule has 0 aromatic heterocycles. The van der Waals surface area contributed by atoms with Crippen LogP contribution in [0.25, 0.3) is 0 Å². The average Bonchev–Trinajstić information content (AvgIpc) is 2.54. The van der Waals surface area contributed by atoms with Gasteiger partial charge in [-0.25, -0.2) is 0 Å². The van der Waals surface area contributed by atoms with E-state index in [1.807, 2.05) is 13.8 Å². The highest BCUT2D eigenvalue weighted by molar-refractivity contribution is 5.99. The summed E-state index contributed by atoms with van der Waals surface area (Å²) in [7, 11) is 1.65. The van der Waals surface area contributed by atoms with Crippen LogP contribution < -0.4 is 0 Å². The smallest absolute Gasteiger partial charge is 0.254 e. The number of hydrogen-bond donors (Lipinski definition) is 2. The van der Waals surface area contributed by atoms with Crippen molar-refractivity contribution in [2.24, 2.45) is 0 Å². The van der Waals surface area contributed by atoms with Crippen LogP contribution in [0.3, 0.4) is 0 Å². The molecule has 0 saturated heterocycles. The summed E-state index contributed by atoms with van der Waals surface area (Å²) in [5.41, 5.74) is 0.977. The number of phenolic OH excluding ortho intramolecular Hbond substituents is 2. The minimum absolute atomic E-state index is 0.120. The van der Waals surface area contributed by atoms with Gasteiger partial charge in [-0.05, 0) is 12.1 Å². The quantitative estimate of drug-likeness (QED) is 0.639. The first kappa shape index (κ1) is 11.4. The monoisotopic (exact) mass is 209 g/mol. The number of phenols is 2. The van der Waals surface area contributed by atoms with Gasteiger partial charge in [-0.15, -0.1) is 0 Å². The Hall–Kier alpha value is -1.71. The molecule has 0 fully saturated rings. The summed E-state index contributed by atoms with van der Waals surface area (Å²) in [6, 6.07) is 2.85. The Labute approximate surface area is 88.8 Å². The molecule has 82 valence electrons. The molecule has 0 saturated carbocycles. The van der Waals surface area contributed by atoms with Gasteiger partial charge in [-0.1, -0.05) is 13.8 Å². The van der Waals surface area contributed by atoms with E-state index in [-0.39, 0.29) is 17.4 Å². The Morgan fingerprint density at radius 3 is 2.47 bits per heavy atom. The highest BCUT2D eigenvalue weighted by Gasteiger charge is 2.27. The van der Waals surface area contributed by atoms with E-state index in [0.717, 1.165) is 0 Å². The average molecular weight is 209 g/mol. The zero-order chi connectivity index (χ0) is 11.6. The number of carbonyl (C=O) groups excluding carboxylic acids is 1. The van der Waals surface area contributed by atoms with Gasteiger partial charge in [-0.3, -0.25) is 4.79 Å². The van der Waals surface area contributed by atoms with Crippen LogP contribution in [0.5, 0.6) is 11.5 Å². The summed E-state index contributed by atoms with van der Waals surface area (Å²) in [5, 5.41) is 18.6. The Kier molecular flexibility index (Phi) is 3.19. The lowest BCUT2D eigenvalue weighted by Crippen LogP contribution is -2.17. The van der Waals surface area contributed by atoms with Crippen molar-refractivity contribution in [2.75, 3.05) is 7.05 Å². The van der Waals surface area contributed by atoms with Crippen LogP contribution >= 0.6 is 0 Å². The summed E-state index contributed by atoms with van der Waals surface area (Å²) >= 11 is 0. The van der Waals surface area contributed by atoms with Gasteiger partial charge in [0, 0.05) is 18.2 Å². The largest absolute Gasteiger partial charge is 0.504 e. The van der Waals surface area contributed by atoms with Crippen molar-refractivity contribution in [3.63, 3.8) is 0 Å². The topological polar surface area (TPSA) is 60.8 Å². The maximum Gasteiger partial charge on any atom is 0.254 e. The number of benzene rings is 1. The number of fused-ring (bicyclic) bond motifs is 1. The first-order valence-corrected chi connectivity index (χ1v) is 4.90. The predicted molar refractivity (Wildman–Crippen MR) is 56.9 cm³/mol. The van der Waals surface area contributed by atoms with Gasteiger partial charge in [0.15, 0.2) is 11.5 Å². The van der Waals surface area contributed by atoms with Crippen LogP contribution in [0.15, 0.2) is 12.1 Å². The molecule has 1 heterocycles. The van der Waals surface area contributed by atoms with E-state index in [1.54, 1.807) is 7.05 Å². The van der Waals surface area contributed by atoms with E-state index < -0.39 is 0 Å². The van der Waals surface area contributed by atoms with Crippen molar-refractivity contribution in [3.05, 3.63) is 23.3 Å². The highest BCUT2D eigenvalue weighted by Crippen LogP contribution is 2.35.